The molecule has 3 aromatic rings. The standard InChI is InChI=1S/C19H20N4O2/c1-3-25-16-11-9-14(10-12-16)13-17-18(24)20-19(22-21-17)23(2)15-7-5-4-6-8-15/h4-12H,3,13H2,1-2H3,(H,20,22,24). The van der Waals surface area contributed by atoms with Gasteiger partial charge in [0.1, 0.15) is 11.4 Å². The minimum atomic E-state index is -0.235. The van der Waals surface area contributed by atoms with Gasteiger partial charge in [-0.15, -0.1) is 10.2 Å². The summed E-state index contributed by atoms with van der Waals surface area (Å²) < 4.78 is 5.42. The molecule has 0 bridgehead atoms. The Hall–Kier alpha value is -3.15. The summed E-state index contributed by atoms with van der Waals surface area (Å²) in [7, 11) is 1.83. The summed E-state index contributed by atoms with van der Waals surface area (Å²) in [5, 5.41) is 8.27. The molecule has 3 rings (SSSR count). The predicted molar refractivity (Wildman–Crippen MR) is 97.6 cm³/mol. The number of aromatic nitrogens is 3. The van der Waals surface area contributed by atoms with Crippen LogP contribution in [0.3, 0.4) is 0 Å². The van der Waals surface area contributed by atoms with Crippen LogP contribution in [0.25, 0.3) is 0 Å². The number of para-hydroxylation sites is 1. The fourth-order valence-corrected chi connectivity index (χ4v) is 2.46. The molecule has 0 radical (unpaired) electrons. The minimum absolute atomic E-state index is 0.235. The zero-order valence-electron chi connectivity index (χ0n) is 14.3. The van der Waals surface area contributed by atoms with E-state index in [4.69, 9.17) is 4.74 Å². The fourth-order valence-electron chi connectivity index (χ4n) is 2.46. The lowest BCUT2D eigenvalue weighted by molar-refractivity contribution is 0.340. The lowest BCUT2D eigenvalue weighted by atomic mass is 10.1. The van der Waals surface area contributed by atoms with Crippen molar-refractivity contribution in [1.29, 1.82) is 0 Å². The molecular weight excluding hydrogens is 316 g/mol. The Morgan fingerprint density at radius 3 is 2.40 bits per heavy atom. The molecule has 1 aromatic heterocycles. The molecule has 6 heteroatoms. The molecule has 128 valence electrons. The highest BCUT2D eigenvalue weighted by Crippen LogP contribution is 2.18. The van der Waals surface area contributed by atoms with Gasteiger partial charge in [0.05, 0.1) is 6.61 Å². The van der Waals surface area contributed by atoms with Crippen molar-refractivity contribution in [3.05, 3.63) is 76.2 Å². The Balaban J connectivity index is 1.77. The largest absolute Gasteiger partial charge is 0.494 e. The first-order chi connectivity index (χ1) is 12.2. The van der Waals surface area contributed by atoms with Gasteiger partial charge in [0.15, 0.2) is 0 Å². The second-order valence-electron chi connectivity index (χ2n) is 5.57. The molecule has 0 fully saturated rings. The molecule has 0 aliphatic rings. The maximum absolute atomic E-state index is 12.3. The van der Waals surface area contributed by atoms with Crippen molar-refractivity contribution in [3.8, 4) is 5.75 Å². The number of nitrogens with one attached hydrogen (secondary N) is 1. The Bertz CT molecular complexity index is 876. The molecule has 0 saturated carbocycles. The van der Waals surface area contributed by atoms with Crippen molar-refractivity contribution < 1.29 is 4.74 Å². The van der Waals surface area contributed by atoms with Crippen LogP contribution in [0, 0.1) is 0 Å². The van der Waals surface area contributed by atoms with Crippen LogP contribution < -0.4 is 15.2 Å². The van der Waals surface area contributed by atoms with Crippen LogP contribution >= 0.6 is 0 Å². The average Bonchev–Trinajstić information content (AvgIpc) is 2.65. The van der Waals surface area contributed by atoms with Crippen molar-refractivity contribution in [2.75, 3.05) is 18.6 Å². The fraction of sp³-hybridized carbons (Fsp3) is 0.211. The van der Waals surface area contributed by atoms with Crippen molar-refractivity contribution in [2.45, 2.75) is 13.3 Å². The molecule has 0 aliphatic heterocycles. The summed E-state index contributed by atoms with van der Waals surface area (Å²) in [6.07, 6.45) is 0.421. The number of rotatable bonds is 6. The second-order valence-corrected chi connectivity index (χ2v) is 5.57. The van der Waals surface area contributed by atoms with Crippen LogP contribution in [0.2, 0.25) is 0 Å². The zero-order chi connectivity index (χ0) is 17.6. The molecule has 6 nitrogen and oxygen atoms in total. The predicted octanol–water partition coefficient (Wildman–Crippen LogP) is 2.92. The highest BCUT2D eigenvalue weighted by molar-refractivity contribution is 5.55. The highest BCUT2D eigenvalue weighted by atomic mass is 16.5. The number of hydrogen-bond donors (Lipinski definition) is 1. The van der Waals surface area contributed by atoms with Gasteiger partial charge in [-0.05, 0) is 36.8 Å². The van der Waals surface area contributed by atoms with E-state index in [2.05, 4.69) is 15.2 Å². The molecule has 0 saturated heterocycles. The molecule has 0 atom stereocenters. The van der Waals surface area contributed by atoms with Gasteiger partial charge in [0.2, 0.25) is 5.95 Å². The van der Waals surface area contributed by atoms with E-state index in [1.165, 1.54) is 0 Å². The van der Waals surface area contributed by atoms with E-state index in [9.17, 15) is 4.79 Å². The normalized spacial score (nSPS) is 10.5. The smallest absolute Gasteiger partial charge is 0.274 e. The summed E-state index contributed by atoms with van der Waals surface area (Å²) in [5.41, 5.74) is 2.05. The van der Waals surface area contributed by atoms with Crippen LogP contribution in [0.5, 0.6) is 5.75 Å². The summed E-state index contributed by atoms with van der Waals surface area (Å²) in [6.45, 7) is 2.57. The van der Waals surface area contributed by atoms with Crippen LogP contribution in [-0.2, 0) is 6.42 Å². The Morgan fingerprint density at radius 2 is 1.76 bits per heavy atom. The third kappa shape index (κ3) is 4.03. The quantitative estimate of drug-likeness (QED) is 0.749. The SMILES string of the molecule is CCOc1ccc(Cc2nnc(N(C)c3ccccc3)[nH]c2=O)cc1. The zero-order valence-corrected chi connectivity index (χ0v) is 14.3. The Morgan fingerprint density at radius 1 is 1.04 bits per heavy atom. The molecule has 0 aliphatic carbocycles. The number of aromatic amines is 1. The molecule has 0 unspecified atom stereocenters. The number of nitrogens with zero attached hydrogens (tertiary/aromatic N) is 3. The van der Waals surface area contributed by atoms with Gasteiger partial charge in [-0.25, -0.2) is 0 Å². The van der Waals surface area contributed by atoms with Gasteiger partial charge in [-0.2, -0.15) is 0 Å². The van der Waals surface area contributed by atoms with E-state index in [1.54, 1.807) is 4.90 Å². The number of benzene rings is 2. The van der Waals surface area contributed by atoms with E-state index in [-0.39, 0.29) is 5.56 Å². The second kappa shape index (κ2) is 7.61. The topological polar surface area (TPSA) is 71.1 Å². The Labute approximate surface area is 146 Å². The third-order valence-electron chi connectivity index (χ3n) is 3.82. The highest BCUT2D eigenvalue weighted by Gasteiger charge is 2.10. The van der Waals surface area contributed by atoms with Crippen molar-refractivity contribution >= 4 is 11.6 Å². The van der Waals surface area contributed by atoms with E-state index >= 15 is 0 Å². The first-order valence-electron chi connectivity index (χ1n) is 8.13. The number of hydrogen-bond acceptors (Lipinski definition) is 5. The Kier molecular flexibility index (Phi) is 5.09. The lowest BCUT2D eigenvalue weighted by Gasteiger charge is -2.16. The molecule has 1 N–H and O–H groups in total. The van der Waals surface area contributed by atoms with Crippen molar-refractivity contribution in [2.24, 2.45) is 0 Å². The molecule has 25 heavy (non-hydrogen) atoms. The number of H-pyrrole nitrogens is 1. The van der Waals surface area contributed by atoms with E-state index in [1.807, 2.05) is 68.6 Å². The van der Waals surface area contributed by atoms with Gasteiger partial charge in [-0.3, -0.25) is 9.78 Å². The minimum Gasteiger partial charge on any atom is -0.494 e. The van der Waals surface area contributed by atoms with Crippen molar-refractivity contribution in [3.63, 3.8) is 0 Å². The molecule has 1 heterocycles. The molecule has 2 aromatic carbocycles. The van der Waals surface area contributed by atoms with Gasteiger partial charge in [-0.1, -0.05) is 30.3 Å². The van der Waals surface area contributed by atoms with Crippen molar-refractivity contribution in [1.82, 2.24) is 15.2 Å². The van der Waals surface area contributed by atoms with Crippen LogP contribution in [-0.4, -0.2) is 28.8 Å². The number of ether oxygens (including phenoxy) is 1. The van der Waals surface area contributed by atoms with Crippen LogP contribution in [0.4, 0.5) is 11.6 Å². The molecule has 0 amide bonds. The average molecular weight is 336 g/mol. The van der Waals surface area contributed by atoms with Crippen LogP contribution in [0.15, 0.2) is 59.4 Å². The maximum atomic E-state index is 12.3. The summed E-state index contributed by atoms with van der Waals surface area (Å²) >= 11 is 0. The van der Waals surface area contributed by atoms with Gasteiger partial charge in [0, 0.05) is 19.2 Å². The van der Waals surface area contributed by atoms with Gasteiger partial charge < -0.3 is 9.64 Å². The van der Waals surface area contributed by atoms with E-state index in [0.717, 1.165) is 17.0 Å². The summed E-state index contributed by atoms with van der Waals surface area (Å²) in [6, 6.07) is 17.3. The van der Waals surface area contributed by atoms with Gasteiger partial charge >= 0.3 is 0 Å². The summed E-state index contributed by atoms with van der Waals surface area (Å²) in [5.74, 6) is 1.22. The summed E-state index contributed by atoms with van der Waals surface area (Å²) in [4.78, 5) is 16.9. The van der Waals surface area contributed by atoms with Gasteiger partial charge in [0.25, 0.3) is 5.56 Å². The first kappa shape index (κ1) is 16.7. The number of anilines is 2. The third-order valence-corrected chi connectivity index (χ3v) is 3.82. The molecular formula is C19H20N4O2. The first-order valence-corrected chi connectivity index (χ1v) is 8.13. The maximum Gasteiger partial charge on any atom is 0.274 e. The monoisotopic (exact) mass is 336 g/mol. The van der Waals surface area contributed by atoms with E-state index < -0.39 is 0 Å². The van der Waals surface area contributed by atoms with E-state index in [0.29, 0.717) is 24.7 Å². The molecule has 0 spiro atoms. The lowest BCUT2D eigenvalue weighted by Crippen LogP contribution is -2.23. The van der Waals surface area contributed by atoms with Crippen LogP contribution in [0.1, 0.15) is 18.2 Å².